The highest BCUT2D eigenvalue weighted by molar-refractivity contribution is 5.90. The second kappa shape index (κ2) is 14.1. The Morgan fingerprint density at radius 3 is 2.10 bits per heavy atom. The minimum Gasteiger partial charge on any atom is -0.469 e. The summed E-state index contributed by atoms with van der Waals surface area (Å²) in [4.78, 5) is 50.3. The summed E-state index contributed by atoms with van der Waals surface area (Å²) in [6.07, 6.45) is 0.796. The molecule has 39 heavy (non-hydrogen) atoms. The molecular formula is C30H36N2O7. The third kappa shape index (κ3) is 7.92. The van der Waals surface area contributed by atoms with Crippen LogP contribution >= 0.6 is 0 Å². The maximum atomic E-state index is 13.2. The summed E-state index contributed by atoms with van der Waals surface area (Å²) in [5.74, 6) is -1.85. The number of methoxy groups -OCH3 is 1. The molecule has 9 heteroatoms. The van der Waals surface area contributed by atoms with E-state index >= 15 is 0 Å². The van der Waals surface area contributed by atoms with Gasteiger partial charge in [-0.15, -0.1) is 0 Å². The second-order valence-electron chi connectivity index (χ2n) is 9.75. The molecule has 208 valence electrons. The van der Waals surface area contributed by atoms with Gasteiger partial charge in [0.15, 0.2) is 0 Å². The monoisotopic (exact) mass is 536 g/mol. The Labute approximate surface area is 228 Å². The van der Waals surface area contributed by atoms with E-state index in [4.69, 9.17) is 9.47 Å². The predicted molar refractivity (Wildman–Crippen MR) is 146 cm³/mol. The maximum Gasteiger partial charge on any atom is 0.407 e. The molecule has 0 saturated heterocycles. The summed E-state index contributed by atoms with van der Waals surface area (Å²) in [6.45, 7) is 7.41. The molecule has 3 rings (SSSR count). The van der Waals surface area contributed by atoms with E-state index < -0.39 is 36.0 Å². The average Bonchev–Trinajstić information content (AvgIpc) is 3.25. The van der Waals surface area contributed by atoms with Crippen molar-refractivity contribution in [3.8, 4) is 11.1 Å². The van der Waals surface area contributed by atoms with Crippen molar-refractivity contribution in [3.63, 3.8) is 0 Å². The minimum absolute atomic E-state index is 0.00701. The van der Waals surface area contributed by atoms with Gasteiger partial charge in [-0.25, -0.2) is 9.59 Å². The van der Waals surface area contributed by atoms with Gasteiger partial charge in [0.2, 0.25) is 5.91 Å². The first kappa shape index (κ1) is 29.4. The minimum atomic E-state index is -1.14. The number of carbonyl (C=O) groups excluding carboxylic acids is 4. The lowest BCUT2D eigenvalue weighted by Gasteiger charge is -2.23. The number of hydrogen-bond donors (Lipinski definition) is 2. The molecule has 2 N–H and O–H groups in total. The van der Waals surface area contributed by atoms with Crippen LogP contribution in [0.5, 0.6) is 0 Å². The van der Waals surface area contributed by atoms with Crippen molar-refractivity contribution < 1.29 is 33.4 Å². The van der Waals surface area contributed by atoms with E-state index in [1.54, 1.807) is 0 Å². The largest absolute Gasteiger partial charge is 0.469 e. The van der Waals surface area contributed by atoms with Gasteiger partial charge in [-0.3, -0.25) is 9.59 Å². The lowest BCUT2D eigenvalue weighted by Crippen LogP contribution is -2.52. The van der Waals surface area contributed by atoms with Crippen LogP contribution in [-0.2, 0) is 28.6 Å². The summed E-state index contributed by atoms with van der Waals surface area (Å²) in [5, 5.41) is 5.22. The predicted octanol–water partition coefficient (Wildman–Crippen LogP) is 4.11. The average molecular weight is 537 g/mol. The van der Waals surface area contributed by atoms with Crippen molar-refractivity contribution >= 4 is 23.9 Å². The van der Waals surface area contributed by atoms with Gasteiger partial charge in [-0.05, 0) is 41.0 Å². The van der Waals surface area contributed by atoms with Crippen LogP contribution in [0.1, 0.15) is 50.2 Å². The molecule has 2 atom stereocenters. The fraction of sp³-hybridized carbons (Fsp3) is 0.400. The van der Waals surface area contributed by atoms with Crippen molar-refractivity contribution in [1.29, 1.82) is 0 Å². The third-order valence-electron chi connectivity index (χ3n) is 6.47. The van der Waals surface area contributed by atoms with Gasteiger partial charge in [0.25, 0.3) is 0 Å². The van der Waals surface area contributed by atoms with Gasteiger partial charge in [0.1, 0.15) is 25.3 Å². The van der Waals surface area contributed by atoms with E-state index in [1.807, 2.05) is 62.4 Å². The Bertz CT molecular complexity index is 1150. The summed E-state index contributed by atoms with van der Waals surface area (Å²) in [6, 6.07) is 13.8. The lowest BCUT2D eigenvalue weighted by molar-refractivity contribution is -0.147. The number of amides is 2. The normalized spacial score (nSPS) is 13.4. The zero-order chi connectivity index (χ0) is 28.4. The zero-order valence-corrected chi connectivity index (χ0v) is 22.6. The number of esters is 2. The Morgan fingerprint density at radius 1 is 0.923 bits per heavy atom. The second-order valence-corrected chi connectivity index (χ2v) is 9.75. The Kier molecular flexibility index (Phi) is 10.7. The molecule has 0 spiro atoms. The first-order valence-electron chi connectivity index (χ1n) is 13.0. The third-order valence-corrected chi connectivity index (χ3v) is 6.47. The fourth-order valence-corrected chi connectivity index (χ4v) is 4.61. The summed E-state index contributed by atoms with van der Waals surface area (Å²) in [5.41, 5.74) is 4.30. The molecule has 2 amide bonds. The molecule has 0 saturated carbocycles. The summed E-state index contributed by atoms with van der Waals surface area (Å²) >= 11 is 0. The van der Waals surface area contributed by atoms with Crippen LogP contribution in [-0.4, -0.2) is 56.3 Å². The van der Waals surface area contributed by atoms with Crippen molar-refractivity contribution in [1.82, 2.24) is 10.6 Å². The van der Waals surface area contributed by atoms with Crippen molar-refractivity contribution in [2.75, 3.05) is 20.3 Å². The van der Waals surface area contributed by atoms with E-state index in [9.17, 15) is 19.2 Å². The smallest absolute Gasteiger partial charge is 0.407 e. The number of ether oxygens (including phenoxy) is 3. The lowest BCUT2D eigenvalue weighted by atomic mass is 9.98. The number of carbonyl (C=O) groups is 4. The van der Waals surface area contributed by atoms with Crippen molar-refractivity contribution in [2.45, 2.75) is 51.1 Å². The number of benzene rings is 2. The Hall–Kier alpha value is -4.14. The summed E-state index contributed by atoms with van der Waals surface area (Å²) < 4.78 is 15.4. The summed E-state index contributed by atoms with van der Waals surface area (Å²) in [7, 11) is 1.24. The highest BCUT2D eigenvalue weighted by atomic mass is 16.5. The number of fused-ring (bicyclic) bond motifs is 3. The SMILES string of the molecule is C=CCOC(=O)[C@H](CC(C)C)NC(=O)[C@H](CCC(=O)OC)NC(=O)OCC1c2ccccc2-c2ccccc21. The molecule has 0 fully saturated rings. The number of hydrogen-bond acceptors (Lipinski definition) is 7. The van der Waals surface area contributed by atoms with Crippen LogP contribution in [0.15, 0.2) is 61.2 Å². The highest BCUT2D eigenvalue weighted by Crippen LogP contribution is 2.44. The van der Waals surface area contributed by atoms with Gasteiger partial charge >= 0.3 is 18.0 Å². The number of alkyl carbamates (subject to hydrolysis) is 1. The van der Waals surface area contributed by atoms with E-state index in [2.05, 4.69) is 21.9 Å². The van der Waals surface area contributed by atoms with Crippen LogP contribution in [0.3, 0.4) is 0 Å². The molecule has 0 radical (unpaired) electrons. The van der Waals surface area contributed by atoms with E-state index in [0.717, 1.165) is 22.3 Å². The zero-order valence-electron chi connectivity index (χ0n) is 22.6. The molecule has 2 aromatic carbocycles. The fourth-order valence-electron chi connectivity index (χ4n) is 4.61. The number of nitrogens with one attached hydrogen (secondary N) is 2. The highest BCUT2D eigenvalue weighted by Gasteiger charge is 2.31. The maximum absolute atomic E-state index is 13.2. The van der Waals surface area contributed by atoms with Crippen LogP contribution in [0.4, 0.5) is 4.79 Å². The number of rotatable bonds is 13. The molecule has 0 aromatic heterocycles. The Morgan fingerprint density at radius 2 is 1.54 bits per heavy atom. The first-order chi connectivity index (χ1) is 18.7. The van der Waals surface area contributed by atoms with Gasteiger partial charge < -0.3 is 24.8 Å². The van der Waals surface area contributed by atoms with Crippen LogP contribution in [0, 0.1) is 5.92 Å². The molecular weight excluding hydrogens is 500 g/mol. The quantitative estimate of drug-likeness (QED) is 0.225. The molecule has 0 bridgehead atoms. The van der Waals surface area contributed by atoms with Gasteiger partial charge in [0.05, 0.1) is 7.11 Å². The van der Waals surface area contributed by atoms with Crippen LogP contribution in [0.25, 0.3) is 11.1 Å². The first-order valence-corrected chi connectivity index (χ1v) is 13.0. The van der Waals surface area contributed by atoms with E-state index in [0.29, 0.717) is 6.42 Å². The molecule has 0 aliphatic heterocycles. The standard InChI is InChI=1S/C30H36N2O7/c1-5-16-38-29(35)26(17-19(2)3)31-28(34)25(14-15-27(33)37-4)32-30(36)39-18-24-22-12-8-6-10-20(22)21-11-7-9-13-23(21)24/h5-13,19,24-26H,1,14-18H2,2-4H3,(H,31,34)(H,32,36)/t25-,26-/m0/s1. The van der Waals surface area contributed by atoms with Crippen LogP contribution in [0.2, 0.25) is 0 Å². The molecule has 0 heterocycles. The van der Waals surface area contributed by atoms with Crippen molar-refractivity contribution in [2.24, 2.45) is 5.92 Å². The molecule has 0 unspecified atom stereocenters. The van der Waals surface area contributed by atoms with Gasteiger partial charge in [-0.1, -0.05) is 75.0 Å². The molecule has 1 aliphatic carbocycles. The van der Waals surface area contributed by atoms with Gasteiger partial charge in [-0.2, -0.15) is 0 Å². The van der Waals surface area contributed by atoms with E-state index in [-0.39, 0.29) is 37.9 Å². The van der Waals surface area contributed by atoms with Crippen molar-refractivity contribution in [3.05, 3.63) is 72.3 Å². The van der Waals surface area contributed by atoms with E-state index in [1.165, 1.54) is 13.2 Å². The topological polar surface area (TPSA) is 120 Å². The van der Waals surface area contributed by atoms with Crippen LogP contribution < -0.4 is 10.6 Å². The molecule has 1 aliphatic rings. The molecule has 9 nitrogen and oxygen atoms in total. The Balaban J connectivity index is 1.69. The van der Waals surface area contributed by atoms with Gasteiger partial charge in [0, 0.05) is 12.3 Å². The molecule has 2 aromatic rings.